The van der Waals surface area contributed by atoms with Crippen LogP contribution >= 0.6 is 0 Å². The van der Waals surface area contributed by atoms with E-state index >= 15 is 0 Å². The van der Waals surface area contributed by atoms with Gasteiger partial charge in [-0.2, -0.15) is 0 Å². The van der Waals surface area contributed by atoms with Gasteiger partial charge in [0.2, 0.25) is 0 Å². The highest BCUT2D eigenvalue weighted by Crippen LogP contribution is 2.38. The third-order valence-electron chi connectivity index (χ3n) is 4.26. The van der Waals surface area contributed by atoms with Crippen molar-refractivity contribution in [3.8, 4) is 0 Å². The Morgan fingerprint density at radius 3 is 2.80 bits per heavy atom. The minimum atomic E-state index is -0.883. The predicted molar refractivity (Wildman–Crippen MR) is 76.4 cm³/mol. The van der Waals surface area contributed by atoms with Gasteiger partial charge in [-0.1, -0.05) is 26.7 Å². The van der Waals surface area contributed by atoms with Gasteiger partial charge in [0.05, 0.1) is 5.60 Å². The van der Waals surface area contributed by atoms with Crippen LogP contribution in [0.2, 0.25) is 0 Å². The lowest BCUT2D eigenvalue weighted by atomic mass is 9.73. The van der Waals surface area contributed by atoms with Crippen molar-refractivity contribution in [1.29, 1.82) is 0 Å². The quantitative estimate of drug-likeness (QED) is 0.863. The van der Waals surface area contributed by atoms with Gasteiger partial charge in [0.1, 0.15) is 11.6 Å². The van der Waals surface area contributed by atoms with E-state index in [1.54, 1.807) is 0 Å². The summed E-state index contributed by atoms with van der Waals surface area (Å²) in [6.45, 7) is 4.36. The van der Waals surface area contributed by atoms with Crippen LogP contribution in [0.4, 0.5) is 8.78 Å². The van der Waals surface area contributed by atoms with Crippen LogP contribution < -0.4 is 0 Å². The molecule has 0 aliphatic heterocycles. The molecule has 0 saturated heterocycles. The van der Waals surface area contributed by atoms with E-state index in [0.717, 1.165) is 31.4 Å². The number of hydrogen-bond donors (Lipinski definition) is 1. The summed E-state index contributed by atoms with van der Waals surface area (Å²) in [7, 11) is 0. The average molecular weight is 282 g/mol. The molecule has 0 amide bonds. The van der Waals surface area contributed by atoms with E-state index in [1.807, 2.05) is 0 Å². The smallest absolute Gasteiger partial charge is 0.126 e. The molecule has 1 aromatic carbocycles. The molecule has 1 fully saturated rings. The van der Waals surface area contributed by atoms with Crippen molar-refractivity contribution in [2.24, 2.45) is 11.8 Å². The Labute approximate surface area is 120 Å². The number of aliphatic hydroxyl groups is 1. The molecule has 1 saturated carbocycles. The topological polar surface area (TPSA) is 20.2 Å². The Morgan fingerprint density at radius 1 is 1.35 bits per heavy atom. The number of hydrogen-bond acceptors (Lipinski definition) is 1. The minimum Gasteiger partial charge on any atom is -0.390 e. The lowest BCUT2D eigenvalue weighted by Crippen LogP contribution is -2.38. The second-order valence-corrected chi connectivity index (χ2v) is 6.73. The molecule has 0 aromatic heterocycles. The highest BCUT2D eigenvalue weighted by Gasteiger charge is 2.35. The third-order valence-corrected chi connectivity index (χ3v) is 4.26. The Balaban J connectivity index is 2.08. The summed E-state index contributed by atoms with van der Waals surface area (Å²) in [4.78, 5) is 0. The maximum absolute atomic E-state index is 13.7. The van der Waals surface area contributed by atoms with Crippen LogP contribution in [0.5, 0.6) is 0 Å². The first-order valence-corrected chi connectivity index (χ1v) is 7.54. The van der Waals surface area contributed by atoms with Crippen LogP contribution in [-0.2, 0) is 6.42 Å². The summed E-state index contributed by atoms with van der Waals surface area (Å²) in [6, 6.07) is 3.47. The van der Waals surface area contributed by atoms with Gasteiger partial charge >= 0.3 is 0 Å². The molecule has 3 heteroatoms. The van der Waals surface area contributed by atoms with Crippen molar-refractivity contribution in [3.05, 3.63) is 35.4 Å². The Kier molecular flexibility index (Phi) is 4.79. The maximum Gasteiger partial charge on any atom is 0.126 e. The molecule has 2 rings (SSSR count). The van der Waals surface area contributed by atoms with E-state index in [1.165, 1.54) is 6.07 Å². The molecule has 1 aromatic rings. The highest BCUT2D eigenvalue weighted by molar-refractivity contribution is 5.21. The molecule has 0 bridgehead atoms. The van der Waals surface area contributed by atoms with E-state index in [0.29, 0.717) is 24.7 Å². The van der Waals surface area contributed by atoms with Gasteiger partial charge in [-0.3, -0.25) is 0 Å². The second-order valence-electron chi connectivity index (χ2n) is 6.73. The molecule has 1 aliphatic carbocycles. The van der Waals surface area contributed by atoms with Crippen molar-refractivity contribution in [3.63, 3.8) is 0 Å². The lowest BCUT2D eigenvalue weighted by Gasteiger charge is -2.37. The predicted octanol–water partition coefficient (Wildman–Crippen LogP) is 4.47. The zero-order valence-electron chi connectivity index (χ0n) is 12.3. The van der Waals surface area contributed by atoms with Gasteiger partial charge in [-0.15, -0.1) is 0 Å². The van der Waals surface area contributed by atoms with E-state index < -0.39 is 17.2 Å². The van der Waals surface area contributed by atoms with E-state index in [9.17, 15) is 13.9 Å². The summed E-state index contributed by atoms with van der Waals surface area (Å²) < 4.78 is 27.0. The molecular formula is C17H24F2O. The molecule has 1 N–H and O–H groups in total. The average Bonchev–Trinajstić information content (AvgIpc) is 2.32. The van der Waals surface area contributed by atoms with Gasteiger partial charge in [0, 0.05) is 6.42 Å². The van der Waals surface area contributed by atoms with Gasteiger partial charge < -0.3 is 5.11 Å². The number of rotatable bonds is 4. The molecule has 1 nitrogen and oxygen atoms in total. The van der Waals surface area contributed by atoms with Crippen LogP contribution in [0.1, 0.15) is 51.5 Å². The molecular weight excluding hydrogens is 258 g/mol. The lowest BCUT2D eigenvalue weighted by molar-refractivity contribution is -0.0195. The first-order chi connectivity index (χ1) is 9.38. The van der Waals surface area contributed by atoms with Gasteiger partial charge in [0.15, 0.2) is 0 Å². The van der Waals surface area contributed by atoms with Gasteiger partial charge in [-0.05, 0) is 54.9 Å². The Bertz CT molecular complexity index is 458. The minimum absolute atomic E-state index is 0.213. The zero-order chi connectivity index (χ0) is 14.8. The summed E-state index contributed by atoms with van der Waals surface area (Å²) in [5.74, 6) is 0.226. The van der Waals surface area contributed by atoms with E-state index in [4.69, 9.17) is 0 Å². The zero-order valence-corrected chi connectivity index (χ0v) is 12.3. The first kappa shape index (κ1) is 15.4. The van der Waals surface area contributed by atoms with E-state index in [2.05, 4.69) is 13.8 Å². The first-order valence-electron chi connectivity index (χ1n) is 7.54. The van der Waals surface area contributed by atoms with Crippen LogP contribution in [0.25, 0.3) is 0 Å². The SMILES string of the molecule is CC(C)CC1CCCC(O)(Cc2cc(F)ccc2F)C1. The molecule has 2 unspecified atom stereocenters. The maximum atomic E-state index is 13.7. The highest BCUT2D eigenvalue weighted by atomic mass is 19.1. The summed E-state index contributed by atoms with van der Waals surface area (Å²) in [5, 5.41) is 10.7. The Morgan fingerprint density at radius 2 is 2.10 bits per heavy atom. The van der Waals surface area contributed by atoms with Crippen molar-refractivity contribution < 1.29 is 13.9 Å². The fourth-order valence-corrected chi connectivity index (χ4v) is 3.52. The Hall–Kier alpha value is -0.960. The molecule has 112 valence electrons. The molecule has 0 spiro atoms. The van der Waals surface area contributed by atoms with E-state index in [-0.39, 0.29) is 12.0 Å². The monoisotopic (exact) mass is 282 g/mol. The fourth-order valence-electron chi connectivity index (χ4n) is 3.52. The van der Waals surface area contributed by atoms with Crippen LogP contribution in [0.15, 0.2) is 18.2 Å². The van der Waals surface area contributed by atoms with Crippen LogP contribution in [-0.4, -0.2) is 10.7 Å². The summed E-state index contributed by atoms with van der Waals surface area (Å²) in [5.41, 5.74) is -0.593. The van der Waals surface area contributed by atoms with Gasteiger partial charge in [-0.25, -0.2) is 8.78 Å². The fraction of sp³-hybridized carbons (Fsp3) is 0.647. The van der Waals surface area contributed by atoms with Crippen molar-refractivity contribution in [1.82, 2.24) is 0 Å². The molecule has 20 heavy (non-hydrogen) atoms. The molecule has 0 heterocycles. The summed E-state index contributed by atoms with van der Waals surface area (Å²) in [6.07, 6.45) is 4.77. The van der Waals surface area contributed by atoms with Crippen LogP contribution in [0.3, 0.4) is 0 Å². The molecule has 2 atom stereocenters. The summed E-state index contributed by atoms with van der Waals surface area (Å²) >= 11 is 0. The van der Waals surface area contributed by atoms with Crippen molar-refractivity contribution in [2.75, 3.05) is 0 Å². The standard InChI is InChI=1S/C17H24F2O/c1-12(2)8-13-4-3-7-17(20,10-13)11-14-9-15(18)5-6-16(14)19/h5-6,9,12-13,20H,3-4,7-8,10-11H2,1-2H3. The third kappa shape index (κ3) is 4.02. The second kappa shape index (κ2) is 6.21. The normalized spacial score (nSPS) is 27.0. The molecule has 0 radical (unpaired) electrons. The number of halogens is 2. The van der Waals surface area contributed by atoms with Crippen LogP contribution in [0, 0.1) is 23.5 Å². The molecule has 1 aliphatic rings. The van der Waals surface area contributed by atoms with Crippen molar-refractivity contribution in [2.45, 2.75) is 58.0 Å². The largest absolute Gasteiger partial charge is 0.390 e. The van der Waals surface area contributed by atoms with Gasteiger partial charge in [0.25, 0.3) is 0 Å². The van der Waals surface area contributed by atoms with Crippen molar-refractivity contribution >= 4 is 0 Å². The number of benzene rings is 1.